The minimum Gasteiger partial charge on any atom is -0.341 e. The lowest BCUT2D eigenvalue weighted by Gasteiger charge is -2.38. The lowest BCUT2D eigenvalue weighted by atomic mass is 10.1. The number of likely N-dealkylation sites (N-methyl/N-ethyl adjacent to an activating group) is 1. The lowest BCUT2D eigenvalue weighted by molar-refractivity contribution is -0.137. The van der Waals surface area contributed by atoms with Crippen molar-refractivity contribution in [3.8, 4) is 0 Å². The van der Waals surface area contributed by atoms with Crippen LogP contribution in [0.3, 0.4) is 0 Å². The normalized spacial score (nSPS) is 33.7. The number of nitrogens with one attached hydrogen (secondary N) is 1. The van der Waals surface area contributed by atoms with Crippen LogP contribution >= 0.6 is 0 Å². The van der Waals surface area contributed by atoms with Gasteiger partial charge in [-0.3, -0.25) is 9.69 Å². The minimum absolute atomic E-state index is 0.256. The van der Waals surface area contributed by atoms with Crippen LogP contribution in [-0.2, 0) is 4.79 Å². The molecule has 2 heterocycles. The predicted molar refractivity (Wildman–Crippen MR) is 59.7 cm³/mol. The summed E-state index contributed by atoms with van der Waals surface area (Å²) in [5.74, 6) is 0.256. The van der Waals surface area contributed by atoms with E-state index in [2.05, 4.69) is 17.1 Å². The third-order valence-electron chi connectivity index (χ3n) is 3.58. The largest absolute Gasteiger partial charge is 0.341 e. The van der Waals surface area contributed by atoms with Gasteiger partial charge in [-0.25, -0.2) is 0 Å². The summed E-state index contributed by atoms with van der Waals surface area (Å²) in [7, 11) is 1.90. The van der Waals surface area contributed by atoms with E-state index in [0.717, 1.165) is 19.6 Å². The average Bonchev–Trinajstić information content (AvgIpc) is 2.66. The van der Waals surface area contributed by atoms with Gasteiger partial charge in [-0.05, 0) is 26.3 Å². The SMILES string of the molecule is CC1CN(CC2CCCN2)CC(=O)N1C. The second kappa shape index (κ2) is 4.49. The Balaban J connectivity index is 1.85. The van der Waals surface area contributed by atoms with E-state index in [1.165, 1.54) is 12.8 Å². The topological polar surface area (TPSA) is 35.6 Å². The molecule has 0 radical (unpaired) electrons. The van der Waals surface area contributed by atoms with Gasteiger partial charge in [0.25, 0.3) is 0 Å². The van der Waals surface area contributed by atoms with Crippen LogP contribution in [0.15, 0.2) is 0 Å². The van der Waals surface area contributed by atoms with Gasteiger partial charge in [0, 0.05) is 32.2 Å². The average molecular weight is 211 g/mol. The summed E-state index contributed by atoms with van der Waals surface area (Å²) in [6.45, 7) is 5.90. The highest BCUT2D eigenvalue weighted by Crippen LogP contribution is 2.12. The molecular weight excluding hydrogens is 190 g/mol. The Bertz CT molecular complexity index is 238. The van der Waals surface area contributed by atoms with E-state index in [1.807, 2.05) is 11.9 Å². The fourth-order valence-corrected chi connectivity index (χ4v) is 2.47. The fraction of sp³-hybridized carbons (Fsp3) is 0.909. The molecule has 1 N–H and O–H groups in total. The number of amides is 1. The molecule has 0 spiro atoms. The first-order valence-corrected chi connectivity index (χ1v) is 5.88. The molecule has 0 aliphatic carbocycles. The van der Waals surface area contributed by atoms with E-state index in [0.29, 0.717) is 18.6 Å². The zero-order chi connectivity index (χ0) is 10.8. The van der Waals surface area contributed by atoms with E-state index in [4.69, 9.17) is 0 Å². The molecule has 15 heavy (non-hydrogen) atoms. The standard InChI is InChI=1S/C11H21N3O/c1-9-6-14(8-11(15)13(9)2)7-10-4-3-5-12-10/h9-10,12H,3-8H2,1-2H3. The monoisotopic (exact) mass is 211 g/mol. The van der Waals surface area contributed by atoms with Gasteiger partial charge in [-0.15, -0.1) is 0 Å². The molecule has 2 atom stereocenters. The van der Waals surface area contributed by atoms with Gasteiger partial charge in [0.15, 0.2) is 0 Å². The number of carbonyl (C=O) groups is 1. The highest BCUT2D eigenvalue weighted by atomic mass is 16.2. The van der Waals surface area contributed by atoms with Crippen LogP contribution in [0.5, 0.6) is 0 Å². The first-order chi connectivity index (χ1) is 7.16. The van der Waals surface area contributed by atoms with Gasteiger partial charge < -0.3 is 10.2 Å². The summed E-state index contributed by atoms with van der Waals surface area (Å²) in [6, 6.07) is 0.959. The molecule has 2 aliphatic rings. The first kappa shape index (κ1) is 10.9. The van der Waals surface area contributed by atoms with Crippen LogP contribution in [-0.4, -0.2) is 61.0 Å². The summed E-state index contributed by atoms with van der Waals surface area (Å²) < 4.78 is 0. The molecule has 4 heteroatoms. The molecule has 0 aromatic rings. The molecule has 0 aromatic carbocycles. The van der Waals surface area contributed by atoms with Crippen LogP contribution in [0.2, 0.25) is 0 Å². The second-order valence-corrected chi connectivity index (χ2v) is 4.84. The Hall–Kier alpha value is -0.610. The lowest BCUT2D eigenvalue weighted by Crippen LogP contribution is -2.55. The Labute approximate surface area is 91.6 Å². The van der Waals surface area contributed by atoms with Gasteiger partial charge in [0.05, 0.1) is 6.54 Å². The maximum atomic E-state index is 11.7. The van der Waals surface area contributed by atoms with Crippen LogP contribution < -0.4 is 5.32 Å². The van der Waals surface area contributed by atoms with Crippen LogP contribution in [0, 0.1) is 0 Å². The molecular formula is C11H21N3O. The third kappa shape index (κ3) is 2.49. The van der Waals surface area contributed by atoms with Crippen LogP contribution in [0.25, 0.3) is 0 Å². The number of carbonyl (C=O) groups excluding carboxylic acids is 1. The highest BCUT2D eigenvalue weighted by molar-refractivity contribution is 5.79. The highest BCUT2D eigenvalue weighted by Gasteiger charge is 2.28. The van der Waals surface area contributed by atoms with Crippen molar-refractivity contribution in [2.75, 3.05) is 33.2 Å². The smallest absolute Gasteiger partial charge is 0.236 e. The van der Waals surface area contributed by atoms with Crippen molar-refractivity contribution < 1.29 is 4.79 Å². The zero-order valence-electron chi connectivity index (χ0n) is 9.70. The molecule has 2 aliphatic heterocycles. The molecule has 1 amide bonds. The molecule has 2 rings (SSSR count). The number of piperazine rings is 1. The van der Waals surface area contributed by atoms with Gasteiger partial charge in [0.2, 0.25) is 5.91 Å². The van der Waals surface area contributed by atoms with Crippen molar-refractivity contribution in [2.24, 2.45) is 0 Å². The Kier molecular flexibility index (Phi) is 3.26. The second-order valence-electron chi connectivity index (χ2n) is 4.84. The quantitative estimate of drug-likeness (QED) is 0.693. The summed E-state index contributed by atoms with van der Waals surface area (Å²) in [5.41, 5.74) is 0. The van der Waals surface area contributed by atoms with Crippen molar-refractivity contribution in [1.82, 2.24) is 15.1 Å². The van der Waals surface area contributed by atoms with Gasteiger partial charge in [-0.2, -0.15) is 0 Å². The Morgan fingerprint density at radius 2 is 2.33 bits per heavy atom. The van der Waals surface area contributed by atoms with Crippen LogP contribution in [0.4, 0.5) is 0 Å². The summed E-state index contributed by atoms with van der Waals surface area (Å²) in [5, 5.41) is 3.48. The predicted octanol–water partition coefficient (Wildman–Crippen LogP) is -0.0991. The summed E-state index contributed by atoms with van der Waals surface area (Å²) >= 11 is 0. The number of hydrogen-bond donors (Lipinski definition) is 1. The van der Waals surface area contributed by atoms with Crippen molar-refractivity contribution in [3.63, 3.8) is 0 Å². The molecule has 2 saturated heterocycles. The van der Waals surface area contributed by atoms with Crippen molar-refractivity contribution >= 4 is 5.91 Å². The Morgan fingerprint density at radius 1 is 1.53 bits per heavy atom. The van der Waals surface area contributed by atoms with Crippen molar-refractivity contribution in [2.45, 2.75) is 31.8 Å². The molecule has 4 nitrogen and oxygen atoms in total. The van der Waals surface area contributed by atoms with E-state index in [1.54, 1.807) is 0 Å². The zero-order valence-corrected chi connectivity index (χ0v) is 9.70. The maximum absolute atomic E-state index is 11.7. The summed E-state index contributed by atoms with van der Waals surface area (Å²) in [4.78, 5) is 15.8. The van der Waals surface area contributed by atoms with Gasteiger partial charge in [0.1, 0.15) is 0 Å². The van der Waals surface area contributed by atoms with Crippen LogP contribution in [0.1, 0.15) is 19.8 Å². The molecule has 0 saturated carbocycles. The minimum atomic E-state index is 0.256. The third-order valence-corrected chi connectivity index (χ3v) is 3.58. The van der Waals surface area contributed by atoms with E-state index in [9.17, 15) is 4.79 Å². The van der Waals surface area contributed by atoms with E-state index < -0.39 is 0 Å². The van der Waals surface area contributed by atoms with Gasteiger partial charge in [-0.1, -0.05) is 0 Å². The van der Waals surface area contributed by atoms with E-state index >= 15 is 0 Å². The molecule has 2 fully saturated rings. The molecule has 2 unspecified atom stereocenters. The number of nitrogens with zero attached hydrogens (tertiary/aromatic N) is 2. The van der Waals surface area contributed by atoms with E-state index in [-0.39, 0.29) is 5.91 Å². The Morgan fingerprint density at radius 3 is 2.93 bits per heavy atom. The molecule has 0 bridgehead atoms. The van der Waals surface area contributed by atoms with Crippen molar-refractivity contribution in [1.29, 1.82) is 0 Å². The fourth-order valence-electron chi connectivity index (χ4n) is 2.47. The first-order valence-electron chi connectivity index (χ1n) is 5.88. The summed E-state index contributed by atoms with van der Waals surface area (Å²) in [6.07, 6.45) is 2.54. The number of hydrogen-bond acceptors (Lipinski definition) is 3. The maximum Gasteiger partial charge on any atom is 0.236 e. The van der Waals surface area contributed by atoms with Crippen molar-refractivity contribution in [3.05, 3.63) is 0 Å². The molecule has 86 valence electrons. The van der Waals surface area contributed by atoms with Gasteiger partial charge >= 0.3 is 0 Å². The number of rotatable bonds is 2. The molecule has 0 aromatic heterocycles.